The number of likely N-dealkylation sites (N-methyl/N-ethyl adjacent to an activating group) is 1. The smallest absolute Gasteiger partial charge is 0.275 e. The average Bonchev–Trinajstić information content (AvgIpc) is 3.44. The van der Waals surface area contributed by atoms with Gasteiger partial charge in [0.2, 0.25) is 5.91 Å². The number of carbonyl (C=O) groups excluding carboxylic acids is 2. The molecule has 0 aliphatic carbocycles. The van der Waals surface area contributed by atoms with Crippen molar-refractivity contribution in [3.05, 3.63) is 35.3 Å². The third-order valence-electron chi connectivity index (χ3n) is 5.84. The van der Waals surface area contributed by atoms with Crippen LogP contribution < -0.4 is 26.2 Å². The number of anilines is 3. The molecule has 1 unspecified atom stereocenters. The molecule has 0 spiro atoms. The Labute approximate surface area is 210 Å². The second-order valence-electron chi connectivity index (χ2n) is 7.94. The van der Waals surface area contributed by atoms with E-state index in [9.17, 15) is 9.59 Å². The van der Waals surface area contributed by atoms with Crippen LogP contribution in [0.2, 0.25) is 0 Å². The van der Waals surface area contributed by atoms with Crippen LogP contribution in [0.5, 0.6) is 0 Å². The van der Waals surface area contributed by atoms with Crippen LogP contribution in [0, 0.1) is 0 Å². The molecule has 182 valence electrons. The minimum atomic E-state index is -0.306. The number of piperazine rings is 1. The molecule has 2 saturated heterocycles. The second-order valence-corrected chi connectivity index (χ2v) is 8.77. The molecule has 9 nitrogen and oxygen atoms in total. The van der Waals surface area contributed by atoms with E-state index >= 15 is 0 Å². The maximum atomic E-state index is 12.9. The molecule has 3 heterocycles. The van der Waals surface area contributed by atoms with Crippen LogP contribution >= 0.6 is 36.2 Å². The lowest BCUT2D eigenvalue weighted by Crippen LogP contribution is -2.49. The number of halogens is 2. The molecule has 2 aliphatic heterocycles. The molecule has 4 rings (SSSR count). The molecule has 1 atom stereocenters. The number of amides is 2. The fourth-order valence-corrected chi connectivity index (χ4v) is 4.93. The Morgan fingerprint density at radius 2 is 1.85 bits per heavy atom. The number of carbonyl (C=O) groups is 2. The molecule has 1 aromatic heterocycles. The SMILES string of the molecule is CNC1CCN(c2nc(C(=O)Nc3ccccc3N3CCN(CC(N)=O)CC3)cs2)C1.Cl.Cl. The molecule has 2 aromatic rings. The number of para-hydroxylation sites is 2. The zero-order valence-corrected chi connectivity index (χ0v) is 21.0. The van der Waals surface area contributed by atoms with Gasteiger partial charge in [0.15, 0.2) is 5.13 Å². The Balaban J connectivity index is 0.00000193. The van der Waals surface area contributed by atoms with E-state index < -0.39 is 0 Å². The lowest BCUT2D eigenvalue weighted by molar-refractivity contribution is -0.119. The topological polar surface area (TPSA) is 107 Å². The molecule has 2 amide bonds. The zero-order valence-electron chi connectivity index (χ0n) is 18.5. The molecule has 2 aliphatic rings. The number of nitrogens with two attached hydrogens (primary N) is 1. The lowest BCUT2D eigenvalue weighted by atomic mass is 10.2. The first-order valence-electron chi connectivity index (χ1n) is 10.6. The van der Waals surface area contributed by atoms with Crippen molar-refractivity contribution in [2.24, 2.45) is 5.73 Å². The third kappa shape index (κ3) is 6.70. The molecule has 33 heavy (non-hydrogen) atoms. The van der Waals surface area contributed by atoms with Crippen LogP contribution in [0.15, 0.2) is 29.6 Å². The first-order valence-corrected chi connectivity index (χ1v) is 11.4. The number of hydrogen-bond donors (Lipinski definition) is 3. The summed E-state index contributed by atoms with van der Waals surface area (Å²) in [6, 6.07) is 8.27. The molecule has 4 N–H and O–H groups in total. The second kappa shape index (κ2) is 12.4. The van der Waals surface area contributed by atoms with Crippen LogP contribution in [0.25, 0.3) is 0 Å². The Bertz CT molecular complexity index is 937. The number of nitrogens with one attached hydrogen (secondary N) is 2. The minimum Gasteiger partial charge on any atom is -0.369 e. The Morgan fingerprint density at radius 3 is 2.52 bits per heavy atom. The number of aromatic nitrogens is 1. The van der Waals surface area contributed by atoms with E-state index in [2.05, 4.69) is 25.4 Å². The monoisotopic (exact) mass is 515 g/mol. The van der Waals surface area contributed by atoms with E-state index in [1.54, 1.807) is 0 Å². The highest BCUT2D eigenvalue weighted by Gasteiger charge is 2.25. The van der Waals surface area contributed by atoms with Gasteiger partial charge in [0.25, 0.3) is 5.91 Å². The van der Waals surface area contributed by atoms with E-state index in [0.717, 1.165) is 62.2 Å². The van der Waals surface area contributed by atoms with Gasteiger partial charge in [-0.05, 0) is 25.6 Å². The van der Waals surface area contributed by atoms with Gasteiger partial charge in [0, 0.05) is 50.7 Å². The van der Waals surface area contributed by atoms with Gasteiger partial charge in [0.1, 0.15) is 5.69 Å². The van der Waals surface area contributed by atoms with Gasteiger partial charge in [-0.2, -0.15) is 0 Å². The molecule has 0 bridgehead atoms. The fourth-order valence-electron chi connectivity index (χ4n) is 4.09. The summed E-state index contributed by atoms with van der Waals surface area (Å²) in [7, 11) is 1.98. The zero-order chi connectivity index (χ0) is 21.8. The van der Waals surface area contributed by atoms with Crippen molar-refractivity contribution >= 4 is 64.5 Å². The summed E-state index contributed by atoms with van der Waals surface area (Å²) < 4.78 is 0. The lowest BCUT2D eigenvalue weighted by Gasteiger charge is -2.36. The number of thiazole rings is 1. The molecule has 1 aromatic carbocycles. The maximum Gasteiger partial charge on any atom is 0.275 e. The molecule has 12 heteroatoms. The number of nitrogens with zero attached hydrogens (tertiary/aromatic N) is 4. The molecular weight excluding hydrogens is 485 g/mol. The molecule has 2 fully saturated rings. The highest BCUT2D eigenvalue weighted by atomic mass is 35.5. The van der Waals surface area contributed by atoms with Crippen molar-refractivity contribution in [1.82, 2.24) is 15.2 Å². The van der Waals surface area contributed by atoms with Crippen LogP contribution in [0.1, 0.15) is 16.9 Å². The van der Waals surface area contributed by atoms with Gasteiger partial charge >= 0.3 is 0 Å². The summed E-state index contributed by atoms with van der Waals surface area (Å²) in [5.41, 5.74) is 7.48. The molecule has 0 saturated carbocycles. The van der Waals surface area contributed by atoms with E-state index in [0.29, 0.717) is 11.7 Å². The van der Waals surface area contributed by atoms with Crippen molar-refractivity contribution < 1.29 is 9.59 Å². The van der Waals surface area contributed by atoms with Crippen LogP contribution in [-0.4, -0.2) is 80.6 Å². The highest BCUT2D eigenvalue weighted by molar-refractivity contribution is 7.14. The van der Waals surface area contributed by atoms with Crippen molar-refractivity contribution in [2.45, 2.75) is 12.5 Å². The number of primary amides is 1. The van der Waals surface area contributed by atoms with Gasteiger partial charge < -0.3 is 26.2 Å². The van der Waals surface area contributed by atoms with Crippen molar-refractivity contribution in [3.8, 4) is 0 Å². The number of rotatable bonds is 7. The third-order valence-corrected chi connectivity index (χ3v) is 6.74. The van der Waals surface area contributed by atoms with Gasteiger partial charge in [0.05, 0.1) is 17.9 Å². The quantitative estimate of drug-likeness (QED) is 0.514. The Hall–Kier alpha value is -2.11. The summed E-state index contributed by atoms with van der Waals surface area (Å²) in [6.07, 6.45) is 1.08. The first kappa shape index (κ1) is 27.1. The molecule has 0 radical (unpaired) electrons. The van der Waals surface area contributed by atoms with Crippen molar-refractivity contribution in [3.63, 3.8) is 0 Å². The summed E-state index contributed by atoms with van der Waals surface area (Å²) in [5.74, 6) is -0.508. The van der Waals surface area contributed by atoms with E-state index in [4.69, 9.17) is 5.73 Å². The van der Waals surface area contributed by atoms with Crippen molar-refractivity contribution in [1.29, 1.82) is 0 Å². The summed E-state index contributed by atoms with van der Waals surface area (Å²) >= 11 is 1.51. The van der Waals surface area contributed by atoms with Gasteiger partial charge in [-0.15, -0.1) is 36.2 Å². The fraction of sp³-hybridized carbons (Fsp3) is 0.476. The number of hydrogen-bond acceptors (Lipinski definition) is 8. The Kier molecular flexibility index (Phi) is 10.2. The van der Waals surface area contributed by atoms with Crippen LogP contribution in [0.4, 0.5) is 16.5 Å². The summed E-state index contributed by atoms with van der Waals surface area (Å²) in [4.78, 5) is 35.1. The largest absolute Gasteiger partial charge is 0.369 e. The standard InChI is InChI=1S/C21H29N7O2S.2ClH/c1-23-15-6-7-28(12-15)21-25-17(14-31-21)20(30)24-16-4-2-3-5-18(16)27-10-8-26(9-11-27)13-19(22)29;;/h2-5,14-15,23H,6-13H2,1H3,(H2,22,29)(H,24,30);2*1H. The highest BCUT2D eigenvalue weighted by Crippen LogP contribution is 2.29. The normalized spacial score (nSPS) is 18.4. The van der Waals surface area contributed by atoms with Crippen LogP contribution in [-0.2, 0) is 4.79 Å². The first-order chi connectivity index (χ1) is 15.0. The summed E-state index contributed by atoms with van der Waals surface area (Å²) in [6.45, 7) is 5.18. The number of benzene rings is 1. The van der Waals surface area contributed by atoms with Gasteiger partial charge in [-0.1, -0.05) is 12.1 Å². The average molecular weight is 516 g/mol. The Morgan fingerprint density at radius 1 is 1.12 bits per heavy atom. The molecular formula is C21H31Cl2N7O2S. The predicted octanol–water partition coefficient (Wildman–Crippen LogP) is 1.64. The van der Waals surface area contributed by atoms with E-state index in [1.165, 1.54) is 11.3 Å². The van der Waals surface area contributed by atoms with E-state index in [-0.39, 0.29) is 43.2 Å². The van der Waals surface area contributed by atoms with Crippen molar-refractivity contribution in [2.75, 3.05) is 68.0 Å². The van der Waals surface area contributed by atoms with Gasteiger partial charge in [-0.25, -0.2) is 4.98 Å². The predicted molar refractivity (Wildman–Crippen MR) is 139 cm³/mol. The minimum absolute atomic E-state index is 0. The van der Waals surface area contributed by atoms with E-state index in [1.807, 2.05) is 41.6 Å². The summed E-state index contributed by atoms with van der Waals surface area (Å²) in [5, 5.41) is 9.05. The van der Waals surface area contributed by atoms with Crippen LogP contribution in [0.3, 0.4) is 0 Å². The van der Waals surface area contributed by atoms with Gasteiger partial charge in [-0.3, -0.25) is 14.5 Å². The maximum absolute atomic E-state index is 12.9.